The average Bonchev–Trinajstić information content (AvgIpc) is 2.63. The van der Waals surface area contributed by atoms with Gasteiger partial charge in [0, 0.05) is 5.75 Å². The molecule has 2 rings (SSSR count). The fraction of sp³-hybridized carbons (Fsp3) is 0.200. The first-order chi connectivity index (χ1) is 6.84. The normalized spacial score (nSPS) is 10.4. The van der Waals surface area contributed by atoms with Gasteiger partial charge in [-0.3, -0.25) is 0 Å². The summed E-state index contributed by atoms with van der Waals surface area (Å²) in [7, 11) is 0. The highest BCUT2D eigenvalue weighted by Gasteiger charge is 1.96. The Morgan fingerprint density at radius 2 is 2.07 bits per heavy atom. The summed E-state index contributed by atoms with van der Waals surface area (Å²) < 4.78 is 1.79. The third-order valence-electron chi connectivity index (χ3n) is 1.79. The summed E-state index contributed by atoms with van der Waals surface area (Å²) in [4.78, 5) is 4.06. The van der Waals surface area contributed by atoms with Gasteiger partial charge < -0.3 is 0 Å². The second-order valence-electron chi connectivity index (χ2n) is 2.95. The standard InChI is InChI=1S/C10H11N3S/c1-9-11-8-13(12-9)14-7-10-5-3-2-4-6-10/h2-6,8H,7H2,1H3. The van der Waals surface area contributed by atoms with Gasteiger partial charge in [-0.2, -0.15) is 4.09 Å². The van der Waals surface area contributed by atoms with Crippen molar-refractivity contribution in [3.63, 3.8) is 0 Å². The highest BCUT2D eigenvalue weighted by Crippen LogP contribution is 2.12. The van der Waals surface area contributed by atoms with Crippen molar-refractivity contribution in [1.29, 1.82) is 0 Å². The van der Waals surface area contributed by atoms with Crippen molar-refractivity contribution in [2.75, 3.05) is 0 Å². The van der Waals surface area contributed by atoms with Crippen molar-refractivity contribution < 1.29 is 0 Å². The average molecular weight is 205 g/mol. The summed E-state index contributed by atoms with van der Waals surface area (Å²) in [5, 5.41) is 4.19. The Kier molecular flexibility index (Phi) is 2.84. The number of nitrogens with zero attached hydrogens (tertiary/aromatic N) is 3. The Balaban J connectivity index is 1.95. The maximum Gasteiger partial charge on any atom is 0.148 e. The van der Waals surface area contributed by atoms with Gasteiger partial charge in [-0.1, -0.05) is 30.3 Å². The van der Waals surface area contributed by atoms with E-state index in [9.17, 15) is 0 Å². The molecule has 0 fully saturated rings. The predicted octanol–water partition coefficient (Wildman–Crippen LogP) is 2.28. The van der Waals surface area contributed by atoms with Crippen molar-refractivity contribution in [2.24, 2.45) is 0 Å². The van der Waals surface area contributed by atoms with Crippen LogP contribution in [-0.2, 0) is 5.75 Å². The van der Waals surface area contributed by atoms with E-state index in [0.717, 1.165) is 11.6 Å². The largest absolute Gasteiger partial charge is 0.219 e. The zero-order valence-electron chi connectivity index (χ0n) is 7.92. The monoisotopic (exact) mass is 205 g/mol. The van der Waals surface area contributed by atoms with E-state index in [0.29, 0.717) is 0 Å². The molecule has 0 aliphatic carbocycles. The smallest absolute Gasteiger partial charge is 0.148 e. The van der Waals surface area contributed by atoms with Crippen LogP contribution in [-0.4, -0.2) is 14.2 Å². The van der Waals surface area contributed by atoms with Crippen LogP contribution in [0.5, 0.6) is 0 Å². The van der Waals surface area contributed by atoms with E-state index in [1.807, 2.05) is 25.1 Å². The lowest BCUT2D eigenvalue weighted by Gasteiger charge is -1.99. The fourth-order valence-corrected chi connectivity index (χ4v) is 1.87. The summed E-state index contributed by atoms with van der Waals surface area (Å²) >= 11 is 1.64. The molecule has 1 aromatic carbocycles. The number of aromatic nitrogens is 3. The molecule has 0 saturated carbocycles. The second kappa shape index (κ2) is 4.28. The third-order valence-corrected chi connectivity index (χ3v) is 2.70. The Labute approximate surface area is 87.3 Å². The van der Waals surface area contributed by atoms with Gasteiger partial charge in [0.05, 0.1) is 0 Å². The van der Waals surface area contributed by atoms with Crippen LogP contribution < -0.4 is 0 Å². The van der Waals surface area contributed by atoms with Gasteiger partial charge in [-0.15, -0.1) is 5.10 Å². The van der Waals surface area contributed by atoms with Crippen LogP contribution >= 0.6 is 11.9 Å². The van der Waals surface area contributed by atoms with Crippen molar-refractivity contribution in [1.82, 2.24) is 14.2 Å². The Bertz CT molecular complexity index is 397. The number of hydrogen-bond donors (Lipinski definition) is 0. The van der Waals surface area contributed by atoms with E-state index in [-0.39, 0.29) is 0 Å². The summed E-state index contributed by atoms with van der Waals surface area (Å²) in [5.41, 5.74) is 1.30. The molecule has 0 N–H and O–H groups in total. The first-order valence-electron chi connectivity index (χ1n) is 4.40. The van der Waals surface area contributed by atoms with E-state index >= 15 is 0 Å². The highest BCUT2D eigenvalue weighted by molar-refractivity contribution is 7.96. The van der Waals surface area contributed by atoms with E-state index < -0.39 is 0 Å². The van der Waals surface area contributed by atoms with Crippen LogP contribution in [0.1, 0.15) is 11.4 Å². The van der Waals surface area contributed by atoms with Crippen LogP contribution in [0.3, 0.4) is 0 Å². The zero-order chi connectivity index (χ0) is 9.80. The SMILES string of the molecule is Cc1ncn(SCc2ccccc2)n1. The van der Waals surface area contributed by atoms with Gasteiger partial charge in [-0.25, -0.2) is 4.98 Å². The first kappa shape index (κ1) is 9.27. The topological polar surface area (TPSA) is 30.7 Å². The van der Waals surface area contributed by atoms with Gasteiger partial charge in [0.25, 0.3) is 0 Å². The summed E-state index contributed by atoms with van der Waals surface area (Å²) in [6.07, 6.45) is 1.74. The van der Waals surface area contributed by atoms with Crippen LogP contribution in [0.2, 0.25) is 0 Å². The van der Waals surface area contributed by atoms with Crippen molar-refractivity contribution >= 4 is 11.9 Å². The minimum atomic E-state index is 0.811. The molecule has 0 atom stereocenters. The van der Waals surface area contributed by atoms with Crippen LogP contribution in [0.25, 0.3) is 0 Å². The van der Waals surface area contributed by atoms with E-state index in [1.165, 1.54) is 5.56 Å². The zero-order valence-corrected chi connectivity index (χ0v) is 8.74. The molecule has 2 aromatic rings. The van der Waals surface area contributed by atoms with Gasteiger partial charge in [-0.05, 0) is 24.4 Å². The Morgan fingerprint density at radius 1 is 1.29 bits per heavy atom. The summed E-state index contributed by atoms with van der Waals surface area (Å²) in [5.74, 6) is 1.73. The maximum atomic E-state index is 4.19. The molecule has 0 spiro atoms. The van der Waals surface area contributed by atoms with E-state index in [4.69, 9.17) is 0 Å². The molecule has 0 unspecified atom stereocenters. The lowest BCUT2D eigenvalue weighted by molar-refractivity contribution is 0.973. The van der Waals surface area contributed by atoms with E-state index in [1.54, 1.807) is 22.4 Å². The fourth-order valence-electron chi connectivity index (χ4n) is 1.10. The molecule has 1 aromatic heterocycles. The Hall–Kier alpha value is -1.29. The minimum Gasteiger partial charge on any atom is -0.219 e. The van der Waals surface area contributed by atoms with Crippen LogP contribution in [0.4, 0.5) is 0 Å². The highest BCUT2D eigenvalue weighted by atomic mass is 32.2. The quantitative estimate of drug-likeness (QED) is 0.770. The molecule has 0 aliphatic heterocycles. The van der Waals surface area contributed by atoms with Crippen molar-refractivity contribution in [2.45, 2.75) is 12.7 Å². The first-order valence-corrected chi connectivity index (χ1v) is 5.34. The molecule has 72 valence electrons. The molecule has 0 radical (unpaired) electrons. The molecule has 0 bridgehead atoms. The molecule has 0 aliphatic rings. The lowest BCUT2D eigenvalue weighted by atomic mass is 10.2. The van der Waals surface area contributed by atoms with Crippen LogP contribution in [0, 0.1) is 6.92 Å². The number of hydrogen-bond acceptors (Lipinski definition) is 3. The minimum absolute atomic E-state index is 0.811. The van der Waals surface area contributed by atoms with Crippen molar-refractivity contribution in [3.05, 3.63) is 48.0 Å². The lowest BCUT2D eigenvalue weighted by Crippen LogP contribution is -1.89. The summed E-state index contributed by atoms with van der Waals surface area (Å²) in [6, 6.07) is 10.3. The van der Waals surface area contributed by atoms with Crippen molar-refractivity contribution in [3.8, 4) is 0 Å². The molecular weight excluding hydrogens is 194 g/mol. The maximum absolute atomic E-state index is 4.19. The Morgan fingerprint density at radius 3 is 2.71 bits per heavy atom. The van der Waals surface area contributed by atoms with E-state index in [2.05, 4.69) is 22.2 Å². The molecule has 3 nitrogen and oxygen atoms in total. The summed E-state index contributed by atoms with van der Waals surface area (Å²) in [6.45, 7) is 1.89. The van der Waals surface area contributed by atoms with Crippen LogP contribution in [0.15, 0.2) is 36.7 Å². The van der Waals surface area contributed by atoms with Gasteiger partial charge in [0.1, 0.15) is 12.2 Å². The molecule has 0 amide bonds. The van der Waals surface area contributed by atoms with Gasteiger partial charge in [0.15, 0.2) is 0 Å². The van der Waals surface area contributed by atoms with Gasteiger partial charge >= 0.3 is 0 Å². The number of rotatable bonds is 3. The third kappa shape index (κ3) is 2.35. The molecular formula is C10H11N3S. The molecule has 14 heavy (non-hydrogen) atoms. The number of benzene rings is 1. The molecule has 1 heterocycles. The predicted molar refractivity (Wildman–Crippen MR) is 57.9 cm³/mol. The molecule has 4 heteroatoms. The molecule has 0 saturated heterocycles. The number of aryl methyl sites for hydroxylation is 1. The van der Waals surface area contributed by atoms with Gasteiger partial charge in [0.2, 0.25) is 0 Å². The second-order valence-corrected chi connectivity index (χ2v) is 3.87.